The first-order chi connectivity index (χ1) is 10.0. The summed E-state index contributed by atoms with van der Waals surface area (Å²) in [6.07, 6.45) is 0. The Hall–Kier alpha value is -2.62. The molecule has 1 N–H and O–H groups in total. The first-order valence-corrected chi connectivity index (χ1v) is 6.64. The van der Waals surface area contributed by atoms with Crippen LogP contribution in [0.25, 0.3) is 0 Å². The molecule has 4 nitrogen and oxygen atoms in total. The number of aryl methyl sites for hydroxylation is 1. The van der Waals surface area contributed by atoms with Crippen LogP contribution in [0.4, 0.5) is 0 Å². The number of benzene rings is 2. The van der Waals surface area contributed by atoms with Crippen molar-refractivity contribution in [2.24, 2.45) is 0 Å². The summed E-state index contributed by atoms with van der Waals surface area (Å²) in [6.45, 7) is 4.26. The third-order valence-corrected chi connectivity index (χ3v) is 3.08. The maximum atomic E-state index is 12.5. The Labute approximate surface area is 123 Å². The van der Waals surface area contributed by atoms with Crippen molar-refractivity contribution in [2.45, 2.75) is 13.8 Å². The molecule has 108 valence electrons. The Morgan fingerprint density at radius 1 is 1.05 bits per heavy atom. The molecule has 0 aliphatic carbocycles. The van der Waals surface area contributed by atoms with Gasteiger partial charge < -0.3 is 9.84 Å². The highest BCUT2D eigenvalue weighted by atomic mass is 16.5. The van der Waals surface area contributed by atoms with Gasteiger partial charge in [0.1, 0.15) is 5.75 Å². The predicted molar refractivity (Wildman–Crippen MR) is 79.2 cm³/mol. The van der Waals surface area contributed by atoms with Crippen molar-refractivity contribution < 1.29 is 19.4 Å². The zero-order valence-corrected chi connectivity index (χ0v) is 11.9. The van der Waals surface area contributed by atoms with Crippen molar-refractivity contribution in [3.05, 3.63) is 64.7 Å². The second-order valence-electron chi connectivity index (χ2n) is 4.64. The van der Waals surface area contributed by atoms with Gasteiger partial charge in [-0.05, 0) is 43.7 Å². The third-order valence-electron chi connectivity index (χ3n) is 3.08. The molecule has 21 heavy (non-hydrogen) atoms. The van der Waals surface area contributed by atoms with E-state index < -0.39 is 5.97 Å². The van der Waals surface area contributed by atoms with Gasteiger partial charge in [0.2, 0.25) is 0 Å². The van der Waals surface area contributed by atoms with Crippen LogP contribution in [0.5, 0.6) is 5.75 Å². The third kappa shape index (κ3) is 3.28. The Bertz CT molecular complexity index is 672. The number of ether oxygens (including phenoxy) is 1. The van der Waals surface area contributed by atoms with E-state index in [0.29, 0.717) is 23.5 Å². The van der Waals surface area contributed by atoms with Gasteiger partial charge in [0.25, 0.3) is 0 Å². The van der Waals surface area contributed by atoms with E-state index in [0.717, 1.165) is 5.56 Å². The molecule has 0 aromatic heterocycles. The van der Waals surface area contributed by atoms with E-state index in [1.807, 2.05) is 26.0 Å². The fourth-order valence-electron chi connectivity index (χ4n) is 2.01. The van der Waals surface area contributed by atoms with Gasteiger partial charge in [-0.25, -0.2) is 4.79 Å². The van der Waals surface area contributed by atoms with Crippen LogP contribution in [-0.2, 0) is 0 Å². The van der Waals surface area contributed by atoms with Gasteiger partial charge in [-0.3, -0.25) is 4.79 Å². The summed E-state index contributed by atoms with van der Waals surface area (Å²) in [5, 5.41) is 8.87. The minimum absolute atomic E-state index is 0.153. The van der Waals surface area contributed by atoms with E-state index in [1.165, 1.54) is 24.3 Å². The van der Waals surface area contributed by atoms with E-state index >= 15 is 0 Å². The minimum atomic E-state index is -1.01. The van der Waals surface area contributed by atoms with Crippen molar-refractivity contribution >= 4 is 11.8 Å². The Morgan fingerprint density at radius 3 is 2.24 bits per heavy atom. The van der Waals surface area contributed by atoms with Gasteiger partial charge in [-0.1, -0.05) is 18.2 Å². The number of ketones is 1. The number of hydrogen-bond acceptors (Lipinski definition) is 3. The number of aromatic carboxylic acids is 1. The molecule has 0 unspecified atom stereocenters. The summed E-state index contributed by atoms with van der Waals surface area (Å²) < 4.78 is 5.51. The first-order valence-electron chi connectivity index (χ1n) is 6.64. The topological polar surface area (TPSA) is 63.6 Å². The zero-order chi connectivity index (χ0) is 15.4. The molecular formula is C17H16O4. The maximum absolute atomic E-state index is 12.5. The largest absolute Gasteiger partial charge is 0.493 e. The van der Waals surface area contributed by atoms with Gasteiger partial charge in [-0.2, -0.15) is 0 Å². The number of hydrogen-bond donors (Lipinski definition) is 1. The summed E-state index contributed by atoms with van der Waals surface area (Å²) in [5.41, 5.74) is 2.08. The van der Waals surface area contributed by atoms with Crippen molar-refractivity contribution in [1.29, 1.82) is 0 Å². The summed E-state index contributed by atoms with van der Waals surface area (Å²) in [4.78, 5) is 23.3. The van der Waals surface area contributed by atoms with E-state index in [9.17, 15) is 9.59 Å². The number of carboxylic acid groups (broad SMARTS) is 1. The predicted octanol–water partition coefficient (Wildman–Crippen LogP) is 3.32. The molecule has 2 rings (SSSR count). The molecule has 0 aliphatic heterocycles. The smallest absolute Gasteiger partial charge is 0.335 e. The standard InChI is InChI=1S/C17H16O4/c1-3-21-15-10-11(2)4-9-14(15)16(18)12-5-7-13(8-6-12)17(19)20/h4-10H,3H2,1-2H3,(H,19,20). The van der Waals surface area contributed by atoms with Gasteiger partial charge in [0.05, 0.1) is 17.7 Å². The highest BCUT2D eigenvalue weighted by Crippen LogP contribution is 2.23. The molecule has 0 heterocycles. The summed E-state index contributed by atoms with van der Waals surface area (Å²) in [6, 6.07) is 11.3. The second-order valence-corrected chi connectivity index (χ2v) is 4.64. The second kappa shape index (κ2) is 6.22. The molecule has 0 radical (unpaired) electrons. The fraction of sp³-hybridized carbons (Fsp3) is 0.176. The molecular weight excluding hydrogens is 268 g/mol. The van der Waals surface area contributed by atoms with Crippen LogP contribution in [-0.4, -0.2) is 23.5 Å². The fourth-order valence-corrected chi connectivity index (χ4v) is 2.01. The Morgan fingerprint density at radius 2 is 1.67 bits per heavy atom. The number of carboxylic acids is 1. The average Bonchev–Trinajstić information content (AvgIpc) is 2.47. The zero-order valence-electron chi connectivity index (χ0n) is 11.9. The normalized spacial score (nSPS) is 10.2. The van der Waals surface area contributed by atoms with Crippen molar-refractivity contribution in [1.82, 2.24) is 0 Å². The molecule has 0 saturated heterocycles. The van der Waals surface area contributed by atoms with Crippen LogP contribution in [0, 0.1) is 6.92 Å². The lowest BCUT2D eigenvalue weighted by atomic mass is 10.00. The number of carbonyl (C=O) groups excluding carboxylic acids is 1. The Kier molecular flexibility index (Phi) is 4.38. The van der Waals surface area contributed by atoms with Crippen LogP contribution < -0.4 is 4.74 Å². The summed E-state index contributed by atoms with van der Waals surface area (Å²) in [5.74, 6) is -0.653. The molecule has 4 heteroatoms. The van der Waals surface area contributed by atoms with Crippen molar-refractivity contribution in [3.63, 3.8) is 0 Å². The number of carbonyl (C=O) groups is 2. The highest BCUT2D eigenvalue weighted by Gasteiger charge is 2.15. The monoisotopic (exact) mass is 284 g/mol. The van der Waals surface area contributed by atoms with Gasteiger partial charge >= 0.3 is 5.97 Å². The SMILES string of the molecule is CCOc1cc(C)ccc1C(=O)c1ccc(C(=O)O)cc1. The quantitative estimate of drug-likeness (QED) is 0.855. The first kappa shape index (κ1) is 14.8. The van der Waals surface area contributed by atoms with Gasteiger partial charge in [0, 0.05) is 5.56 Å². The van der Waals surface area contributed by atoms with E-state index in [-0.39, 0.29) is 11.3 Å². The van der Waals surface area contributed by atoms with Crippen molar-refractivity contribution in [3.8, 4) is 5.75 Å². The Balaban J connectivity index is 2.37. The summed E-state index contributed by atoms with van der Waals surface area (Å²) in [7, 11) is 0. The van der Waals surface area contributed by atoms with Crippen molar-refractivity contribution in [2.75, 3.05) is 6.61 Å². The van der Waals surface area contributed by atoms with Gasteiger partial charge in [0.15, 0.2) is 5.78 Å². The highest BCUT2D eigenvalue weighted by molar-refractivity contribution is 6.11. The van der Waals surface area contributed by atoms with Crippen LogP contribution in [0.3, 0.4) is 0 Å². The lowest BCUT2D eigenvalue weighted by Crippen LogP contribution is -2.06. The van der Waals surface area contributed by atoms with E-state index in [4.69, 9.17) is 9.84 Å². The molecule has 0 bridgehead atoms. The number of rotatable bonds is 5. The molecule has 2 aromatic carbocycles. The molecule has 0 atom stereocenters. The molecule has 0 spiro atoms. The molecule has 0 fully saturated rings. The van der Waals surface area contributed by atoms with E-state index in [2.05, 4.69) is 0 Å². The van der Waals surface area contributed by atoms with Crippen LogP contribution >= 0.6 is 0 Å². The average molecular weight is 284 g/mol. The lowest BCUT2D eigenvalue weighted by Gasteiger charge is -2.10. The van der Waals surface area contributed by atoms with Crippen LogP contribution in [0.2, 0.25) is 0 Å². The summed E-state index contributed by atoms with van der Waals surface area (Å²) >= 11 is 0. The lowest BCUT2D eigenvalue weighted by molar-refractivity contribution is 0.0696. The minimum Gasteiger partial charge on any atom is -0.493 e. The molecule has 2 aromatic rings. The van der Waals surface area contributed by atoms with Gasteiger partial charge in [-0.15, -0.1) is 0 Å². The van der Waals surface area contributed by atoms with E-state index in [1.54, 1.807) is 6.07 Å². The molecule has 0 aliphatic rings. The van der Waals surface area contributed by atoms with Crippen LogP contribution in [0.1, 0.15) is 38.8 Å². The van der Waals surface area contributed by atoms with Crippen LogP contribution in [0.15, 0.2) is 42.5 Å². The maximum Gasteiger partial charge on any atom is 0.335 e. The molecule has 0 saturated carbocycles. The molecule has 0 amide bonds.